The first-order chi connectivity index (χ1) is 11.9. The van der Waals surface area contributed by atoms with Crippen LogP contribution < -0.4 is 4.90 Å². The van der Waals surface area contributed by atoms with Gasteiger partial charge in [0.1, 0.15) is 5.03 Å². The lowest BCUT2D eigenvalue weighted by Crippen LogP contribution is -2.31. The first-order valence-corrected chi connectivity index (χ1v) is 8.69. The lowest BCUT2D eigenvalue weighted by Gasteiger charge is -2.15. The van der Waals surface area contributed by atoms with Crippen LogP contribution in [0.5, 0.6) is 0 Å². The fourth-order valence-corrected chi connectivity index (χ4v) is 3.77. The van der Waals surface area contributed by atoms with Crippen molar-refractivity contribution in [2.75, 3.05) is 4.90 Å². The van der Waals surface area contributed by atoms with Gasteiger partial charge in [-0.2, -0.15) is 0 Å². The molecule has 0 radical (unpaired) electrons. The number of carbonyl (C=O) groups is 3. The molecule has 0 spiro atoms. The summed E-state index contributed by atoms with van der Waals surface area (Å²) in [6.45, 7) is 0. The molecule has 128 valence electrons. The highest BCUT2D eigenvalue weighted by Crippen LogP contribution is 2.36. The van der Waals surface area contributed by atoms with Gasteiger partial charge in [0.05, 0.1) is 26.5 Å². The van der Waals surface area contributed by atoms with E-state index in [0.29, 0.717) is 10.7 Å². The fraction of sp³-hybridized carbons (Fsp3) is 0.125. The Hall–Kier alpha value is -2.09. The third-order valence-electron chi connectivity index (χ3n) is 3.52. The summed E-state index contributed by atoms with van der Waals surface area (Å²) in [7, 11) is 0. The van der Waals surface area contributed by atoms with E-state index in [9.17, 15) is 19.5 Å². The average molecular weight is 397 g/mol. The maximum atomic E-state index is 12.6. The number of carboxylic acids is 1. The van der Waals surface area contributed by atoms with Crippen molar-refractivity contribution >= 4 is 58.4 Å². The zero-order chi connectivity index (χ0) is 18.1. The van der Waals surface area contributed by atoms with Gasteiger partial charge in [-0.15, -0.1) is 0 Å². The predicted molar refractivity (Wildman–Crippen MR) is 94.4 cm³/mol. The first kappa shape index (κ1) is 17.7. The molecule has 1 aliphatic heterocycles. The van der Waals surface area contributed by atoms with Gasteiger partial charge >= 0.3 is 5.97 Å². The second-order valence-corrected chi connectivity index (χ2v) is 7.14. The molecule has 0 bridgehead atoms. The van der Waals surface area contributed by atoms with Crippen LogP contribution >= 0.6 is 35.0 Å². The molecule has 1 N–H and O–H groups in total. The lowest BCUT2D eigenvalue weighted by atomic mass is 10.3. The number of hydrogen-bond acceptors (Lipinski definition) is 5. The van der Waals surface area contributed by atoms with E-state index >= 15 is 0 Å². The van der Waals surface area contributed by atoms with Crippen molar-refractivity contribution in [3.05, 3.63) is 52.1 Å². The molecule has 2 heterocycles. The van der Waals surface area contributed by atoms with Gasteiger partial charge in [0.15, 0.2) is 0 Å². The van der Waals surface area contributed by atoms with Crippen LogP contribution in [0.1, 0.15) is 16.8 Å². The second-order valence-electron chi connectivity index (χ2n) is 5.14. The minimum Gasteiger partial charge on any atom is -0.478 e. The molecule has 2 amide bonds. The van der Waals surface area contributed by atoms with Gasteiger partial charge in [-0.3, -0.25) is 9.59 Å². The van der Waals surface area contributed by atoms with Gasteiger partial charge in [0, 0.05) is 12.6 Å². The van der Waals surface area contributed by atoms with Crippen LogP contribution in [-0.2, 0) is 9.59 Å². The molecule has 2 aromatic rings. The molecule has 1 aromatic heterocycles. The number of amides is 2. The second kappa shape index (κ2) is 7.03. The Morgan fingerprint density at radius 1 is 1.24 bits per heavy atom. The SMILES string of the molecule is O=C(O)c1cccnc1S[C@@H]1CC(=O)N(c2ccc(Cl)c(Cl)c2)C1=O. The molecule has 1 aromatic carbocycles. The molecule has 0 aliphatic carbocycles. The average Bonchev–Trinajstić information content (AvgIpc) is 2.84. The van der Waals surface area contributed by atoms with Crippen molar-refractivity contribution < 1.29 is 19.5 Å². The van der Waals surface area contributed by atoms with E-state index in [1.807, 2.05) is 0 Å². The highest BCUT2D eigenvalue weighted by Gasteiger charge is 2.41. The highest BCUT2D eigenvalue weighted by molar-refractivity contribution is 8.00. The van der Waals surface area contributed by atoms with Gasteiger partial charge in [-0.25, -0.2) is 14.7 Å². The Bertz CT molecular complexity index is 890. The number of carboxylic acid groups (broad SMARTS) is 1. The van der Waals surface area contributed by atoms with Crippen LogP contribution in [0.25, 0.3) is 0 Å². The number of halogens is 2. The molecule has 25 heavy (non-hydrogen) atoms. The summed E-state index contributed by atoms with van der Waals surface area (Å²) in [5, 5.41) is 9.18. The summed E-state index contributed by atoms with van der Waals surface area (Å²) >= 11 is 12.8. The van der Waals surface area contributed by atoms with E-state index in [1.54, 1.807) is 0 Å². The number of benzene rings is 1. The standard InChI is InChI=1S/C16H10Cl2N2O4S/c17-10-4-3-8(6-11(10)18)20-13(21)7-12(15(20)22)25-14-9(16(23)24)2-1-5-19-14/h1-6,12H,7H2,(H,23,24)/t12-/m1/s1. The van der Waals surface area contributed by atoms with E-state index in [0.717, 1.165) is 16.7 Å². The van der Waals surface area contributed by atoms with Crippen molar-refractivity contribution in [3.8, 4) is 0 Å². The van der Waals surface area contributed by atoms with Gasteiger partial charge in [-0.1, -0.05) is 35.0 Å². The predicted octanol–water partition coefficient (Wildman–Crippen LogP) is 3.51. The molecule has 1 fully saturated rings. The number of thioether (sulfide) groups is 1. The maximum absolute atomic E-state index is 12.6. The molecule has 1 atom stereocenters. The van der Waals surface area contributed by atoms with Crippen LogP contribution in [0.3, 0.4) is 0 Å². The van der Waals surface area contributed by atoms with Crippen molar-refractivity contribution in [1.82, 2.24) is 4.98 Å². The van der Waals surface area contributed by atoms with E-state index < -0.39 is 23.0 Å². The third kappa shape index (κ3) is 3.49. The molecule has 0 unspecified atom stereocenters. The number of anilines is 1. The first-order valence-electron chi connectivity index (χ1n) is 7.05. The van der Waals surface area contributed by atoms with Crippen molar-refractivity contribution in [1.29, 1.82) is 0 Å². The largest absolute Gasteiger partial charge is 0.478 e. The van der Waals surface area contributed by atoms with Crippen molar-refractivity contribution in [2.24, 2.45) is 0 Å². The molecule has 6 nitrogen and oxygen atoms in total. The summed E-state index contributed by atoms with van der Waals surface area (Å²) in [6, 6.07) is 7.37. The van der Waals surface area contributed by atoms with Crippen LogP contribution in [0, 0.1) is 0 Å². The van der Waals surface area contributed by atoms with Crippen LogP contribution in [-0.4, -0.2) is 33.1 Å². The van der Waals surface area contributed by atoms with E-state index in [-0.39, 0.29) is 22.0 Å². The van der Waals surface area contributed by atoms with Crippen molar-refractivity contribution in [2.45, 2.75) is 16.7 Å². The number of imide groups is 1. The summed E-state index contributed by atoms with van der Waals surface area (Å²) < 4.78 is 0. The topological polar surface area (TPSA) is 87.6 Å². The summed E-state index contributed by atoms with van der Waals surface area (Å²) in [5.74, 6) is -1.99. The number of rotatable bonds is 4. The lowest BCUT2D eigenvalue weighted by molar-refractivity contribution is -0.121. The number of nitrogens with zero attached hydrogens (tertiary/aromatic N) is 2. The van der Waals surface area contributed by atoms with Crippen molar-refractivity contribution in [3.63, 3.8) is 0 Å². The molecule has 1 saturated heterocycles. The zero-order valence-corrected chi connectivity index (χ0v) is 14.8. The minimum absolute atomic E-state index is 0.0132. The Kier molecular flexibility index (Phi) is 4.99. The Labute approximate surface area is 156 Å². The zero-order valence-electron chi connectivity index (χ0n) is 12.5. The fourth-order valence-electron chi connectivity index (χ4n) is 2.37. The molecule has 1 aliphatic rings. The molecule has 9 heteroatoms. The molecular weight excluding hydrogens is 387 g/mol. The quantitative estimate of drug-likeness (QED) is 0.795. The number of aromatic carboxylic acids is 1. The van der Waals surface area contributed by atoms with Crippen LogP contribution in [0.2, 0.25) is 10.0 Å². The summed E-state index contributed by atoms with van der Waals surface area (Å²) in [5.41, 5.74) is 0.313. The summed E-state index contributed by atoms with van der Waals surface area (Å²) in [4.78, 5) is 41.2. The van der Waals surface area contributed by atoms with E-state index in [1.165, 1.54) is 36.5 Å². The van der Waals surface area contributed by atoms with E-state index in [2.05, 4.69) is 4.98 Å². The number of hydrogen-bond donors (Lipinski definition) is 1. The Balaban J connectivity index is 1.87. The third-order valence-corrected chi connectivity index (χ3v) is 5.46. The normalized spacial score (nSPS) is 17.2. The smallest absolute Gasteiger partial charge is 0.338 e. The summed E-state index contributed by atoms with van der Waals surface area (Å²) in [6.07, 6.45) is 1.38. The van der Waals surface area contributed by atoms with E-state index in [4.69, 9.17) is 23.2 Å². The molecule has 0 saturated carbocycles. The minimum atomic E-state index is -1.14. The number of pyridine rings is 1. The number of carbonyl (C=O) groups excluding carboxylic acids is 2. The van der Waals surface area contributed by atoms with Crippen LogP contribution in [0.15, 0.2) is 41.6 Å². The molecule has 3 rings (SSSR count). The van der Waals surface area contributed by atoms with Crippen LogP contribution in [0.4, 0.5) is 5.69 Å². The highest BCUT2D eigenvalue weighted by atomic mass is 35.5. The van der Waals surface area contributed by atoms with Gasteiger partial charge in [-0.05, 0) is 30.3 Å². The number of aromatic nitrogens is 1. The van der Waals surface area contributed by atoms with Gasteiger partial charge in [0.25, 0.3) is 0 Å². The van der Waals surface area contributed by atoms with Gasteiger partial charge < -0.3 is 5.11 Å². The Morgan fingerprint density at radius 2 is 2.00 bits per heavy atom. The molecular formula is C16H10Cl2N2O4S. The Morgan fingerprint density at radius 3 is 2.68 bits per heavy atom. The maximum Gasteiger partial charge on any atom is 0.338 e. The monoisotopic (exact) mass is 396 g/mol. The van der Waals surface area contributed by atoms with Gasteiger partial charge in [0.2, 0.25) is 11.8 Å².